The van der Waals surface area contributed by atoms with E-state index in [1.165, 1.54) is 0 Å². The van der Waals surface area contributed by atoms with E-state index in [9.17, 15) is 4.79 Å². The molecule has 0 radical (unpaired) electrons. The second-order valence-electron chi connectivity index (χ2n) is 5.60. The van der Waals surface area contributed by atoms with Crippen LogP contribution in [-0.4, -0.2) is 43.7 Å². The number of piperidine rings is 1. The molecule has 0 bridgehead atoms. The molecular formula is C13H24N2O2. The number of esters is 1. The Morgan fingerprint density at radius 2 is 1.94 bits per heavy atom. The zero-order valence-corrected chi connectivity index (χ0v) is 10.8. The van der Waals surface area contributed by atoms with Gasteiger partial charge in [-0.1, -0.05) is 12.8 Å². The predicted octanol–water partition coefficient (Wildman–Crippen LogP) is 1.14. The van der Waals surface area contributed by atoms with Crippen molar-refractivity contribution >= 4 is 5.97 Å². The van der Waals surface area contributed by atoms with Crippen LogP contribution < -0.4 is 5.73 Å². The number of rotatable bonds is 3. The largest absolute Gasteiger partial charge is 0.462 e. The first-order valence-corrected chi connectivity index (χ1v) is 6.76. The zero-order chi connectivity index (χ0) is 12.3. The standard InChI is InChI=1S/C13H24N2O2/c1-15-8-4-11(5-9-15)17-12(16)13(10-14)6-2-3-7-13/h11H,2-10,14H2,1H3. The minimum Gasteiger partial charge on any atom is -0.462 e. The summed E-state index contributed by atoms with van der Waals surface area (Å²) in [6.07, 6.45) is 6.08. The lowest BCUT2D eigenvalue weighted by molar-refractivity contribution is -0.162. The maximum absolute atomic E-state index is 12.2. The molecule has 2 fully saturated rings. The summed E-state index contributed by atoms with van der Waals surface area (Å²) in [5.74, 6) is -0.0351. The predicted molar refractivity (Wildman–Crippen MR) is 66.6 cm³/mol. The van der Waals surface area contributed by atoms with Crippen LogP contribution in [0.4, 0.5) is 0 Å². The smallest absolute Gasteiger partial charge is 0.313 e. The van der Waals surface area contributed by atoms with Gasteiger partial charge in [-0.15, -0.1) is 0 Å². The molecule has 0 unspecified atom stereocenters. The Hall–Kier alpha value is -0.610. The van der Waals surface area contributed by atoms with E-state index in [1.54, 1.807) is 0 Å². The van der Waals surface area contributed by atoms with Gasteiger partial charge in [-0.3, -0.25) is 4.79 Å². The number of carbonyl (C=O) groups excluding carboxylic acids is 1. The molecule has 4 heteroatoms. The van der Waals surface area contributed by atoms with Crippen molar-refractivity contribution in [2.45, 2.75) is 44.6 Å². The number of likely N-dealkylation sites (tertiary alicyclic amines) is 1. The van der Waals surface area contributed by atoms with Gasteiger partial charge in [0, 0.05) is 19.6 Å². The molecule has 2 N–H and O–H groups in total. The van der Waals surface area contributed by atoms with Crippen molar-refractivity contribution in [3.8, 4) is 0 Å². The van der Waals surface area contributed by atoms with E-state index in [2.05, 4.69) is 11.9 Å². The molecule has 0 amide bonds. The van der Waals surface area contributed by atoms with Gasteiger partial charge in [0.15, 0.2) is 0 Å². The highest BCUT2D eigenvalue weighted by Gasteiger charge is 2.42. The second-order valence-corrected chi connectivity index (χ2v) is 5.60. The summed E-state index contributed by atoms with van der Waals surface area (Å²) < 4.78 is 5.67. The molecule has 1 aliphatic heterocycles. The van der Waals surface area contributed by atoms with E-state index in [0.717, 1.165) is 51.6 Å². The average molecular weight is 240 g/mol. The molecule has 1 heterocycles. The van der Waals surface area contributed by atoms with E-state index in [0.29, 0.717) is 6.54 Å². The van der Waals surface area contributed by atoms with Crippen molar-refractivity contribution in [1.29, 1.82) is 0 Å². The summed E-state index contributed by atoms with van der Waals surface area (Å²) in [7, 11) is 2.11. The van der Waals surface area contributed by atoms with E-state index < -0.39 is 0 Å². The zero-order valence-electron chi connectivity index (χ0n) is 10.8. The van der Waals surface area contributed by atoms with Gasteiger partial charge in [-0.05, 0) is 32.7 Å². The topological polar surface area (TPSA) is 55.6 Å². The molecule has 17 heavy (non-hydrogen) atoms. The summed E-state index contributed by atoms with van der Waals surface area (Å²) in [6.45, 7) is 2.49. The molecule has 1 aliphatic carbocycles. The van der Waals surface area contributed by atoms with Crippen LogP contribution in [0.1, 0.15) is 38.5 Å². The third-order valence-electron chi connectivity index (χ3n) is 4.32. The molecule has 0 atom stereocenters. The molecule has 4 nitrogen and oxygen atoms in total. The Kier molecular flexibility index (Phi) is 4.05. The summed E-state index contributed by atoms with van der Waals surface area (Å²) in [5, 5.41) is 0. The van der Waals surface area contributed by atoms with E-state index in [4.69, 9.17) is 10.5 Å². The van der Waals surface area contributed by atoms with Gasteiger partial charge in [-0.2, -0.15) is 0 Å². The van der Waals surface area contributed by atoms with Crippen molar-refractivity contribution < 1.29 is 9.53 Å². The Morgan fingerprint density at radius 1 is 1.35 bits per heavy atom. The van der Waals surface area contributed by atoms with Crippen LogP contribution in [-0.2, 0) is 9.53 Å². The van der Waals surface area contributed by atoms with Crippen molar-refractivity contribution in [3.63, 3.8) is 0 Å². The Balaban J connectivity index is 1.87. The minimum absolute atomic E-state index is 0.0351. The van der Waals surface area contributed by atoms with Gasteiger partial charge in [0.05, 0.1) is 5.41 Å². The number of ether oxygens (including phenoxy) is 1. The lowest BCUT2D eigenvalue weighted by Crippen LogP contribution is -2.42. The van der Waals surface area contributed by atoms with Crippen LogP contribution in [0, 0.1) is 5.41 Å². The quantitative estimate of drug-likeness (QED) is 0.752. The maximum Gasteiger partial charge on any atom is 0.313 e. The normalized spacial score (nSPS) is 26.0. The molecule has 0 aromatic carbocycles. The van der Waals surface area contributed by atoms with Crippen molar-refractivity contribution in [2.75, 3.05) is 26.7 Å². The number of nitrogens with zero attached hydrogens (tertiary/aromatic N) is 1. The van der Waals surface area contributed by atoms with Crippen LogP contribution in [0.5, 0.6) is 0 Å². The Labute approximate surface area is 103 Å². The summed E-state index contributed by atoms with van der Waals surface area (Å²) in [6, 6.07) is 0. The highest BCUT2D eigenvalue weighted by Crippen LogP contribution is 2.38. The number of hydrogen-bond donors (Lipinski definition) is 1. The third kappa shape index (κ3) is 2.80. The lowest BCUT2D eigenvalue weighted by atomic mass is 9.86. The van der Waals surface area contributed by atoms with E-state index in [1.807, 2.05) is 0 Å². The third-order valence-corrected chi connectivity index (χ3v) is 4.32. The van der Waals surface area contributed by atoms with Crippen molar-refractivity contribution in [2.24, 2.45) is 11.1 Å². The fourth-order valence-electron chi connectivity index (χ4n) is 2.92. The molecule has 1 saturated carbocycles. The first-order chi connectivity index (χ1) is 8.16. The fraction of sp³-hybridized carbons (Fsp3) is 0.923. The van der Waals surface area contributed by atoms with Crippen LogP contribution in [0.2, 0.25) is 0 Å². The molecule has 0 aromatic rings. The van der Waals surface area contributed by atoms with Gasteiger partial charge in [0.25, 0.3) is 0 Å². The van der Waals surface area contributed by atoms with Gasteiger partial charge < -0.3 is 15.4 Å². The van der Waals surface area contributed by atoms with Crippen LogP contribution in [0.15, 0.2) is 0 Å². The molecule has 2 rings (SSSR count). The molecule has 0 spiro atoms. The van der Waals surface area contributed by atoms with Gasteiger partial charge in [0.2, 0.25) is 0 Å². The molecular weight excluding hydrogens is 216 g/mol. The summed E-state index contributed by atoms with van der Waals surface area (Å²) in [4.78, 5) is 14.5. The van der Waals surface area contributed by atoms with E-state index >= 15 is 0 Å². The summed E-state index contributed by atoms with van der Waals surface area (Å²) in [5.41, 5.74) is 5.43. The lowest BCUT2D eigenvalue weighted by Gasteiger charge is -2.32. The minimum atomic E-state index is -0.358. The highest BCUT2D eigenvalue weighted by molar-refractivity contribution is 5.77. The first-order valence-electron chi connectivity index (χ1n) is 6.76. The van der Waals surface area contributed by atoms with Crippen LogP contribution in [0.25, 0.3) is 0 Å². The van der Waals surface area contributed by atoms with Gasteiger partial charge in [-0.25, -0.2) is 0 Å². The molecule has 1 saturated heterocycles. The van der Waals surface area contributed by atoms with Crippen LogP contribution >= 0.6 is 0 Å². The Morgan fingerprint density at radius 3 is 2.47 bits per heavy atom. The first kappa shape index (κ1) is 12.8. The SMILES string of the molecule is CN1CCC(OC(=O)C2(CN)CCCC2)CC1. The average Bonchev–Trinajstić information content (AvgIpc) is 2.82. The van der Waals surface area contributed by atoms with Gasteiger partial charge in [0.1, 0.15) is 6.10 Å². The molecule has 2 aliphatic rings. The maximum atomic E-state index is 12.2. The molecule has 0 aromatic heterocycles. The van der Waals surface area contributed by atoms with Crippen molar-refractivity contribution in [3.05, 3.63) is 0 Å². The number of hydrogen-bond acceptors (Lipinski definition) is 4. The van der Waals surface area contributed by atoms with Gasteiger partial charge >= 0.3 is 5.97 Å². The molecule has 98 valence electrons. The Bertz CT molecular complexity index is 267. The van der Waals surface area contributed by atoms with Crippen LogP contribution in [0.3, 0.4) is 0 Å². The number of carbonyl (C=O) groups is 1. The monoisotopic (exact) mass is 240 g/mol. The second kappa shape index (κ2) is 5.36. The van der Waals surface area contributed by atoms with E-state index in [-0.39, 0.29) is 17.5 Å². The van der Waals surface area contributed by atoms with Crippen molar-refractivity contribution in [1.82, 2.24) is 4.90 Å². The fourth-order valence-corrected chi connectivity index (χ4v) is 2.92. The highest BCUT2D eigenvalue weighted by atomic mass is 16.5. The summed E-state index contributed by atoms with van der Waals surface area (Å²) >= 11 is 0. The number of nitrogens with two attached hydrogens (primary N) is 1.